The summed E-state index contributed by atoms with van der Waals surface area (Å²) in [6.07, 6.45) is 4.80. The van der Waals surface area contributed by atoms with Gasteiger partial charge in [-0.25, -0.2) is 0 Å². The van der Waals surface area contributed by atoms with Gasteiger partial charge >= 0.3 is 0 Å². The second-order valence-electron chi connectivity index (χ2n) is 8.02. The summed E-state index contributed by atoms with van der Waals surface area (Å²) in [5.41, 5.74) is 2.16. The van der Waals surface area contributed by atoms with Crippen molar-refractivity contribution in [2.75, 3.05) is 19.6 Å². The predicted molar refractivity (Wildman–Crippen MR) is 99.5 cm³/mol. The summed E-state index contributed by atoms with van der Waals surface area (Å²) in [4.78, 5) is 21.0. The quantitative estimate of drug-likeness (QED) is 0.907. The van der Waals surface area contributed by atoms with Crippen LogP contribution in [0.25, 0.3) is 10.9 Å². The number of hydrogen-bond acceptors (Lipinski definition) is 2. The van der Waals surface area contributed by atoms with Crippen molar-refractivity contribution >= 4 is 28.4 Å². The minimum absolute atomic E-state index is 0.167. The molecule has 1 amide bonds. The van der Waals surface area contributed by atoms with Crippen molar-refractivity contribution in [3.63, 3.8) is 0 Å². The maximum absolute atomic E-state index is 12.8. The Bertz CT molecular complexity index is 812. The van der Waals surface area contributed by atoms with Crippen LogP contribution in [0.5, 0.6) is 0 Å². The third-order valence-corrected chi connectivity index (χ3v) is 6.55. The van der Waals surface area contributed by atoms with Crippen LogP contribution < -0.4 is 0 Å². The van der Waals surface area contributed by atoms with E-state index in [-0.39, 0.29) is 5.92 Å². The molecule has 1 aromatic carbocycles. The molecule has 5 heteroatoms. The van der Waals surface area contributed by atoms with Gasteiger partial charge in [-0.1, -0.05) is 29.8 Å². The minimum atomic E-state index is 0.167. The Kier molecular flexibility index (Phi) is 3.79. The first-order chi connectivity index (χ1) is 12.2. The molecule has 4 aliphatic rings. The van der Waals surface area contributed by atoms with E-state index in [1.807, 2.05) is 12.1 Å². The third kappa shape index (κ3) is 2.85. The topological polar surface area (TPSA) is 39.3 Å². The predicted octanol–water partition coefficient (Wildman–Crippen LogP) is 3.65. The van der Waals surface area contributed by atoms with E-state index in [4.69, 9.17) is 11.6 Å². The van der Waals surface area contributed by atoms with Crippen molar-refractivity contribution in [3.8, 4) is 0 Å². The van der Waals surface area contributed by atoms with Crippen LogP contribution in [0.2, 0.25) is 5.02 Å². The Morgan fingerprint density at radius 1 is 1.12 bits per heavy atom. The van der Waals surface area contributed by atoms with Crippen LogP contribution in [-0.4, -0.2) is 46.4 Å². The van der Waals surface area contributed by atoms with E-state index in [9.17, 15) is 4.79 Å². The highest BCUT2D eigenvalue weighted by molar-refractivity contribution is 6.36. The van der Waals surface area contributed by atoms with E-state index in [0.717, 1.165) is 66.6 Å². The zero-order valence-corrected chi connectivity index (χ0v) is 15.1. The molecule has 4 heterocycles. The molecule has 2 bridgehead atoms. The molecule has 25 heavy (non-hydrogen) atoms. The number of carbonyl (C=O) groups excluding carboxylic acids is 1. The number of nitrogens with zero attached hydrogens (tertiary/aromatic N) is 2. The smallest absolute Gasteiger partial charge is 0.227 e. The summed E-state index contributed by atoms with van der Waals surface area (Å²) in [6.45, 7) is 3.62. The van der Waals surface area contributed by atoms with Gasteiger partial charge in [-0.15, -0.1) is 0 Å². The van der Waals surface area contributed by atoms with E-state index in [0.29, 0.717) is 11.9 Å². The zero-order chi connectivity index (χ0) is 17.0. The highest BCUT2D eigenvalue weighted by atomic mass is 35.5. The number of rotatable bonds is 4. The molecular weight excluding hydrogens is 334 g/mol. The number of benzene rings is 1. The number of aromatic nitrogens is 1. The molecule has 0 spiro atoms. The summed E-state index contributed by atoms with van der Waals surface area (Å²) < 4.78 is 0. The van der Waals surface area contributed by atoms with E-state index < -0.39 is 0 Å². The van der Waals surface area contributed by atoms with Crippen LogP contribution >= 0.6 is 11.6 Å². The Balaban J connectivity index is 1.37. The molecule has 4 fully saturated rings. The number of halogens is 1. The molecular formula is C20H24ClN3O. The van der Waals surface area contributed by atoms with Crippen LogP contribution in [0, 0.1) is 11.8 Å². The second kappa shape index (κ2) is 6.03. The lowest BCUT2D eigenvalue weighted by Crippen LogP contribution is -2.48. The normalized spacial score (nSPS) is 27.2. The third-order valence-electron chi connectivity index (χ3n) is 6.12. The average Bonchev–Trinajstić information content (AvgIpc) is 3.41. The zero-order valence-electron chi connectivity index (χ0n) is 14.4. The van der Waals surface area contributed by atoms with Crippen molar-refractivity contribution in [1.82, 2.24) is 14.8 Å². The van der Waals surface area contributed by atoms with E-state index >= 15 is 0 Å². The fourth-order valence-electron chi connectivity index (χ4n) is 4.57. The Hall–Kier alpha value is -1.52. The summed E-state index contributed by atoms with van der Waals surface area (Å²) in [6, 6.07) is 8.56. The van der Waals surface area contributed by atoms with Crippen LogP contribution in [0.15, 0.2) is 24.3 Å². The summed E-state index contributed by atoms with van der Waals surface area (Å²) in [7, 11) is 0. The first-order valence-corrected chi connectivity index (χ1v) is 9.85. The molecule has 2 aromatic rings. The molecule has 3 saturated heterocycles. The summed E-state index contributed by atoms with van der Waals surface area (Å²) in [5.74, 6) is 1.33. The molecule has 2 atom stereocenters. The lowest BCUT2D eigenvalue weighted by molar-refractivity contribution is -0.140. The summed E-state index contributed by atoms with van der Waals surface area (Å²) in [5, 5.41) is 1.91. The van der Waals surface area contributed by atoms with Gasteiger partial charge < -0.3 is 9.88 Å². The van der Waals surface area contributed by atoms with Crippen LogP contribution in [0.4, 0.5) is 0 Å². The molecule has 1 saturated carbocycles. The van der Waals surface area contributed by atoms with Gasteiger partial charge in [0.1, 0.15) is 0 Å². The van der Waals surface area contributed by atoms with Gasteiger partial charge in [0.25, 0.3) is 0 Å². The van der Waals surface area contributed by atoms with Crippen molar-refractivity contribution in [3.05, 3.63) is 35.0 Å². The van der Waals surface area contributed by atoms with Gasteiger partial charge in [-0.2, -0.15) is 0 Å². The van der Waals surface area contributed by atoms with E-state index in [1.165, 1.54) is 12.8 Å². The molecule has 132 valence electrons. The number of piperidine rings is 1. The number of para-hydroxylation sites is 1. The molecule has 4 nitrogen and oxygen atoms in total. The SMILES string of the molecule is O=C1[C@H]2CC[C@H](CN(Cc3[nH]c4ccccc4c3Cl)C2)N1CC1CC1. The van der Waals surface area contributed by atoms with E-state index in [2.05, 4.69) is 26.9 Å². The fraction of sp³-hybridized carbons (Fsp3) is 0.550. The van der Waals surface area contributed by atoms with Gasteiger partial charge in [-0.05, 0) is 37.7 Å². The molecule has 0 radical (unpaired) electrons. The number of carbonyl (C=O) groups is 1. The number of H-pyrrole nitrogens is 1. The first-order valence-electron chi connectivity index (χ1n) is 9.47. The lowest BCUT2D eigenvalue weighted by atomic mass is 9.94. The maximum atomic E-state index is 12.8. The van der Waals surface area contributed by atoms with Crippen LogP contribution in [-0.2, 0) is 11.3 Å². The number of aromatic amines is 1. The Morgan fingerprint density at radius 2 is 1.96 bits per heavy atom. The Morgan fingerprint density at radius 3 is 2.76 bits per heavy atom. The van der Waals surface area contributed by atoms with Crippen molar-refractivity contribution in [2.24, 2.45) is 11.8 Å². The van der Waals surface area contributed by atoms with Crippen molar-refractivity contribution in [1.29, 1.82) is 0 Å². The highest BCUT2D eigenvalue weighted by Crippen LogP contribution is 2.36. The average molecular weight is 358 g/mol. The molecule has 0 unspecified atom stereocenters. The number of fused-ring (bicyclic) bond motifs is 5. The number of amides is 1. The standard InChI is InChI=1S/C20H24ClN3O/c21-19-16-3-1-2-4-17(16)22-18(19)12-23-10-14-7-8-15(11-23)24(20(14)25)9-13-5-6-13/h1-4,13-15,22H,5-12H2/t14-,15+/m0/s1. The second-order valence-corrected chi connectivity index (χ2v) is 8.40. The monoisotopic (exact) mass is 357 g/mol. The van der Waals surface area contributed by atoms with Crippen LogP contribution in [0.3, 0.4) is 0 Å². The maximum Gasteiger partial charge on any atom is 0.227 e. The molecule has 1 aliphatic carbocycles. The van der Waals surface area contributed by atoms with Crippen molar-refractivity contribution < 1.29 is 4.79 Å². The van der Waals surface area contributed by atoms with Crippen LogP contribution in [0.1, 0.15) is 31.4 Å². The number of hydrogen-bond donors (Lipinski definition) is 1. The van der Waals surface area contributed by atoms with Gasteiger partial charge in [0.2, 0.25) is 5.91 Å². The molecule has 6 rings (SSSR count). The van der Waals surface area contributed by atoms with E-state index in [1.54, 1.807) is 0 Å². The first kappa shape index (κ1) is 15.7. The molecule has 1 aromatic heterocycles. The van der Waals surface area contributed by atoms with Gasteiger partial charge in [0, 0.05) is 48.8 Å². The largest absolute Gasteiger partial charge is 0.356 e. The minimum Gasteiger partial charge on any atom is -0.356 e. The van der Waals surface area contributed by atoms with Gasteiger partial charge in [-0.3, -0.25) is 9.69 Å². The highest BCUT2D eigenvalue weighted by Gasteiger charge is 2.42. The Labute approximate surface area is 153 Å². The lowest BCUT2D eigenvalue weighted by Gasteiger charge is -2.36. The van der Waals surface area contributed by atoms with Gasteiger partial charge in [0.05, 0.1) is 10.9 Å². The summed E-state index contributed by atoms with van der Waals surface area (Å²) >= 11 is 6.60. The van der Waals surface area contributed by atoms with Crippen molar-refractivity contribution in [2.45, 2.75) is 38.3 Å². The number of nitrogens with one attached hydrogen (secondary N) is 1. The van der Waals surface area contributed by atoms with Gasteiger partial charge in [0.15, 0.2) is 0 Å². The molecule has 3 aliphatic heterocycles. The molecule has 1 N–H and O–H groups in total. The fourth-order valence-corrected chi connectivity index (χ4v) is 4.85.